The van der Waals surface area contributed by atoms with Gasteiger partial charge in [0, 0.05) is 12.1 Å². The van der Waals surface area contributed by atoms with Gasteiger partial charge < -0.3 is 15.8 Å². The lowest BCUT2D eigenvalue weighted by Gasteiger charge is -2.17. The molecule has 1 aromatic rings. The van der Waals surface area contributed by atoms with Gasteiger partial charge in [-0.15, -0.1) is 0 Å². The highest BCUT2D eigenvalue weighted by molar-refractivity contribution is 5.77. The fraction of sp³-hybridized carbons (Fsp3) is 0.588. The van der Waals surface area contributed by atoms with Gasteiger partial charge in [0.05, 0.1) is 0 Å². The fourth-order valence-corrected chi connectivity index (χ4v) is 2.39. The lowest BCUT2D eigenvalue weighted by molar-refractivity contribution is -0.123. The first kappa shape index (κ1) is 17.5. The molecule has 4 heteroatoms. The van der Waals surface area contributed by atoms with Crippen molar-refractivity contribution in [1.82, 2.24) is 5.32 Å². The smallest absolute Gasteiger partial charge is 0.258 e. The Morgan fingerprint density at radius 1 is 1.38 bits per heavy atom. The zero-order chi connectivity index (χ0) is 15.8. The van der Waals surface area contributed by atoms with Crippen LogP contribution in [0.5, 0.6) is 5.75 Å². The predicted octanol–water partition coefficient (Wildman–Crippen LogP) is 2.57. The molecule has 0 spiro atoms. The second kappa shape index (κ2) is 8.67. The maximum atomic E-state index is 11.9. The third-order valence-electron chi connectivity index (χ3n) is 3.31. The molecule has 0 aliphatic rings. The Balaban J connectivity index is 2.64. The first-order chi connectivity index (χ1) is 9.93. The minimum atomic E-state index is -0.0778. The number of nitrogens with two attached hydrogens (primary N) is 1. The number of hydrogen-bond donors (Lipinski definition) is 2. The van der Waals surface area contributed by atoms with Crippen LogP contribution in [0.1, 0.15) is 44.7 Å². The Labute approximate surface area is 128 Å². The maximum Gasteiger partial charge on any atom is 0.258 e. The van der Waals surface area contributed by atoms with Crippen molar-refractivity contribution in [3.8, 4) is 5.75 Å². The normalized spacial score (nSPS) is 13.6. The van der Waals surface area contributed by atoms with Crippen LogP contribution in [0.15, 0.2) is 18.2 Å². The van der Waals surface area contributed by atoms with Crippen molar-refractivity contribution in [2.45, 2.75) is 59.0 Å². The van der Waals surface area contributed by atoms with Crippen LogP contribution >= 0.6 is 0 Å². The van der Waals surface area contributed by atoms with E-state index in [1.807, 2.05) is 39.0 Å². The summed E-state index contributed by atoms with van der Waals surface area (Å²) in [5, 5.41) is 2.94. The van der Waals surface area contributed by atoms with Gasteiger partial charge in [-0.05, 0) is 44.7 Å². The highest BCUT2D eigenvalue weighted by Crippen LogP contribution is 2.24. The first-order valence-corrected chi connectivity index (χ1v) is 7.70. The summed E-state index contributed by atoms with van der Waals surface area (Å²) in [5.41, 5.74) is 7.95. The Bertz CT molecular complexity index is 458. The van der Waals surface area contributed by atoms with Crippen molar-refractivity contribution in [3.05, 3.63) is 29.3 Å². The standard InChI is InChI=1S/C17H28N2O2/c1-5-7-14(4)19-16(20)11-21-17-12(2)8-6-9-15(17)10-13(3)18/h6,8-9,13-14H,5,7,10-11,18H2,1-4H3,(H,19,20). The van der Waals surface area contributed by atoms with Gasteiger partial charge in [-0.1, -0.05) is 31.5 Å². The lowest BCUT2D eigenvalue weighted by atomic mass is 10.0. The summed E-state index contributed by atoms with van der Waals surface area (Å²) >= 11 is 0. The summed E-state index contributed by atoms with van der Waals surface area (Å²) in [5.74, 6) is 0.707. The molecule has 0 saturated carbocycles. The van der Waals surface area contributed by atoms with Gasteiger partial charge in [-0.25, -0.2) is 0 Å². The van der Waals surface area contributed by atoms with E-state index < -0.39 is 0 Å². The molecule has 0 saturated heterocycles. The van der Waals surface area contributed by atoms with E-state index in [-0.39, 0.29) is 24.6 Å². The molecule has 0 aromatic heterocycles. The Hall–Kier alpha value is -1.55. The van der Waals surface area contributed by atoms with Gasteiger partial charge in [0.2, 0.25) is 0 Å². The second-order valence-electron chi connectivity index (χ2n) is 5.79. The van der Waals surface area contributed by atoms with Gasteiger partial charge in [0.1, 0.15) is 5.75 Å². The van der Waals surface area contributed by atoms with Crippen molar-refractivity contribution < 1.29 is 9.53 Å². The Morgan fingerprint density at radius 2 is 2.10 bits per heavy atom. The molecule has 0 aliphatic carbocycles. The number of para-hydroxylation sites is 1. The van der Waals surface area contributed by atoms with Crippen LogP contribution in [-0.2, 0) is 11.2 Å². The number of nitrogens with one attached hydrogen (secondary N) is 1. The lowest BCUT2D eigenvalue weighted by Crippen LogP contribution is -2.36. The molecule has 2 atom stereocenters. The molecular formula is C17H28N2O2. The number of benzene rings is 1. The van der Waals surface area contributed by atoms with Crippen LogP contribution in [0.3, 0.4) is 0 Å². The number of carbonyl (C=O) groups excluding carboxylic acids is 1. The molecule has 0 radical (unpaired) electrons. The van der Waals surface area contributed by atoms with Gasteiger partial charge in [0.15, 0.2) is 6.61 Å². The molecule has 3 N–H and O–H groups in total. The SMILES string of the molecule is CCCC(C)NC(=O)COc1c(C)cccc1CC(C)N. The number of rotatable bonds is 8. The molecule has 1 rings (SSSR count). The van der Waals surface area contributed by atoms with Crippen LogP contribution in [0.2, 0.25) is 0 Å². The third-order valence-corrected chi connectivity index (χ3v) is 3.31. The molecule has 1 amide bonds. The van der Waals surface area contributed by atoms with Gasteiger partial charge >= 0.3 is 0 Å². The molecule has 2 unspecified atom stereocenters. The molecular weight excluding hydrogens is 264 g/mol. The molecule has 4 nitrogen and oxygen atoms in total. The number of amides is 1. The average Bonchev–Trinajstić information content (AvgIpc) is 2.37. The molecule has 0 fully saturated rings. The fourth-order valence-electron chi connectivity index (χ4n) is 2.39. The van der Waals surface area contributed by atoms with Crippen molar-refractivity contribution in [3.63, 3.8) is 0 Å². The topological polar surface area (TPSA) is 64.3 Å². The van der Waals surface area contributed by atoms with Crippen LogP contribution in [0, 0.1) is 6.92 Å². The Kier molecular flexibility index (Phi) is 7.23. The zero-order valence-electron chi connectivity index (χ0n) is 13.6. The summed E-state index contributed by atoms with van der Waals surface area (Å²) in [6.45, 7) is 8.11. The molecule has 0 aliphatic heterocycles. The van der Waals surface area contributed by atoms with Crippen molar-refractivity contribution in [1.29, 1.82) is 0 Å². The van der Waals surface area contributed by atoms with Crippen molar-refractivity contribution in [2.24, 2.45) is 5.73 Å². The van der Waals surface area contributed by atoms with E-state index in [0.29, 0.717) is 0 Å². The first-order valence-electron chi connectivity index (χ1n) is 7.70. The van der Waals surface area contributed by atoms with E-state index in [4.69, 9.17) is 10.5 Å². The van der Waals surface area contributed by atoms with Crippen LogP contribution in [0.25, 0.3) is 0 Å². The molecule has 21 heavy (non-hydrogen) atoms. The van der Waals surface area contributed by atoms with Crippen molar-refractivity contribution in [2.75, 3.05) is 6.61 Å². The maximum absolute atomic E-state index is 11.9. The van der Waals surface area contributed by atoms with E-state index in [2.05, 4.69) is 12.2 Å². The van der Waals surface area contributed by atoms with E-state index in [9.17, 15) is 4.79 Å². The predicted molar refractivity (Wildman–Crippen MR) is 86.5 cm³/mol. The summed E-state index contributed by atoms with van der Waals surface area (Å²) in [7, 11) is 0. The molecule has 0 bridgehead atoms. The summed E-state index contributed by atoms with van der Waals surface area (Å²) in [4.78, 5) is 11.9. The molecule has 0 heterocycles. The van der Waals surface area contributed by atoms with Gasteiger partial charge in [-0.3, -0.25) is 4.79 Å². The number of ether oxygens (including phenoxy) is 1. The summed E-state index contributed by atoms with van der Waals surface area (Å²) < 4.78 is 5.74. The van der Waals surface area contributed by atoms with E-state index in [0.717, 1.165) is 36.1 Å². The monoisotopic (exact) mass is 292 g/mol. The van der Waals surface area contributed by atoms with E-state index in [1.165, 1.54) is 0 Å². The second-order valence-corrected chi connectivity index (χ2v) is 5.79. The Morgan fingerprint density at radius 3 is 2.71 bits per heavy atom. The van der Waals surface area contributed by atoms with Crippen LogP contribution in [0.4, 0.5) is 0 Å². The zero-order valence-corrected chi connectivity index (χ0v) is 13.6. The van der Waals surface area contributed by atoms with E-state index >= 15 is 0 Å². The quantitative estimate of drug-likeness (QED) is 0.774. The van der Waals surface area contributed by atoms with Crippen molar-refractivity contribution >= 4 is 5.91 Å². The minimum absolute atomic E-state index is 0.0465. The van der Waals surface area contributed by atoms with Gasteiger partial charge in [-0.2, -0.15) is 0 Å². The number of carbonyl (C=O) groups is 1. The number of hydrogen-bond acceptors (Lipinski definition) is 3. The third kappa shape index (κ3) is 6.17. The minimum Gasteiger partial charge on any atom is -0.483 e. The van der Waals surface area contributed by atoms with E-state index in [1.54, 1.807) is 0 Å². The molecule has 1 aromatic carbocycles. The summed E-state index contributed by atoms with van der Waals surface area (Å²) in [6, 6.07) is 6.23. The highest BCUT2D eigenvalue weighted by Gasteiger charge is 2.12. The largest absolute Gasteiger partial charge is 0.483 e. The molecule has 118 valence electrons. The summed E-state index contributed by atoms with van der Waals surface area (Å²) in [6.07, 6.45) is 2.77. The highest BCUT2D eigenvalue weighted by atomic mass is 16.5. The number of aryl methyl sites for hydroxylation is 1. The average molecular weight is 292 g/mol. The van der Waals surface area contributed by atoms with Crippen LogP contribution in [-0.4, -0.2) is 24.6 Å². The van der Waals surface area contributed by atoms with Gasteiger partial charge in [0.25, 0.3) is 5.91 Å². The van der Waals surface area contributed by atoms with Crippen LogP contribution < -0.4 is 15.8 Å².